The second-order valence-electron chi connectivity index (χ2n) is 17.2. The van der Waals surface area contributed by atoms with Crippen molar-refractivity contribution in [1.82, 2.24) is 0 Å². The Morgan fingerprint density at radius 3 is 0.702 bits per heavy atom. The Morgan fingerprint density at radius 2 is 0.526 bits per heavy atom. The fraction of sp³-hybridized carbons (Fsp3) is 0.902. The average Bonchev–Trinajstić information content (AvgIpc) is 3.14. The molecule has 0 aromatic heterocycles. The maximum Gasteiger partial charge on any atom is 0.540 e. The van der Waals surface area contributed by atoms with E-state index in [1.165, 1.54) is 0 Å². The summed E-state index contributed by atoms with van der Waals surface area (Å²) in [6.45, 7) is 19.5. The van der Waals surface area contributed by atoms with Gasteiger partial charge >= 0.3 is 24.6 Å². The number of unbranched alkanes of at least 4 members (excludes halogenated alkanes) is 8. The highest BCUT2D eigenvalue weighted by atomic mass is 17.3. The van der Waals surface area contributed by atoms with E-state index < -0.39 is 78.9 Å². The molecule has 0 unspecified atom stereocenters. The Morgan fingerprint density at radius 1 is 0.333 bits per heavy atom. The van der Waals surface area contributed by atoms with Crippen molar-refractivity contribution in [2.45, 2.75) is 208 Å². The average molecular weight is 825 g/mol. The van der Waals surface area contributed by atoms with Gasteiger partial charge in [-0.25, -0.2) is 19.2 Å². The van der Waals surface area contributed by atoms with Crippen LogP contribution in [-0.2, 0) is 58.0 Å². The van der Waals surface area contributed by atoms with Crippen LogP contribution in [0.3, 0.4) is 0 Å². The molecule has 0 aromatic rings. The normalized spacial score (nSPS) is 12.4. The van der Waals surface area contributed by atoms with E-state index in [2.05, 4.69) is 27.7 Å². The lowest BCUT2D eigenvalue weighted by Crippen LogP contribution is -2.44. The Labute approximate surface area is 341 Å². The van der Waals surface area contributed by atoms with Gasteiger partial charge in [0.2, 0.25) is 0 Å². The van der Waals surface area contributed by atoms with Crippen LogP contribution in [0.1, 0.15) is 186 Å². The molecule has 0 fully saturated rings. The van der Waals surface area contributed by atoms with Gasteiger partial charge in [0.25, 0.3) is 0 Å². The molecular weight excluding hydrogens is 748 g/mol. The van der Waals surface area contributed by atoms with Crippen molar-refractivity contribution in [2.24, 2.45) is 5.41 Å². The maximum atomic E-state index is 12.8. The number of carbonyl (C=O) groups excluding carboxylic acids is 4. The molecule has 0 rings (SSSR count). The molecule has 0 aromatic carbocycles. The summed E-state index contributed by atoms with van der Waals surface area (Å²) in [4.78, 5) is 92.4. The first-order valence-electron chi connectivity index (χ1n) is 20.7. The van der Waals surface area contributed by atoms with Gasteiger partial charge in [-0.2, -0.15) is 19.6 Å². The second kappa shape index (κ2) is 28.4. The minimum atomic E-state index is -1.79. The molecule has 0 aliphatic rings. The predicted octanol–water partition coefficient (Wildman–Crippen LogP) is 11.7. The van der Waals surface area contributed by atoms with Crippen LogP contribution in [0.4, 0.5) is 19.2 Å². The zero-order valence-corrected chi connectivity index (χ0v) is 37.2. The third kappa shape index (κ3) is 28.9. The molecule has 0 aliphatic heterocycles. The predicted molar refractivity (Wildman–Crippen MR) is 209 cm³/mol. The molecule has 0 saturated carbocycles. The third-order valence-electron chi connectivity index (χ3n) is 8.86. The highest BCUT2D eigenvalue weighted by Crippen LogP contribution is 2.26. The van der Waals surface area contributed by atoms with Crippen LogP contribution in [0.25, 0.3) is 0 Å². The van der Waals surface area contributed by atoms with Crippen LogP contribution < -0.4 is 0 Å². The maximum absolute atomic E-state index is 12.8. The third-order valence-corrected chi connectivity index (χ3v) is 8.86. The molecule has 0 aliphatic carbocycles. The Bertz CT molecular complexity index is 947. The standard InChI is InChI=1S/C41H76O16/c1-13-17-21-25-37(5,6)54-50-33(42)46-29-41(30-47-34(43)51-55-38(7,8)26-22-18-14-2,31-48-35(44)52-56-39(9,10)27-23-19-15-3)32-49-36(45)53-57-40(11,12)28-24-20-16-4/h13-32H2,1-12H3. The van der Waals surface area contributed by atoms with E-state index in [1.807, 2.05) is 0 Å². The molecule has 0 atom stereocenters. The van der Waals surface area contributed by atoms with E-state index in [-0.39, 0.29) is 0 Å². The molecule has 0 spiro atoms. The number of hydrogen-bond donors (Lipinski definition) is 0. The lowest BCUT2D eigenvalue weighted by atomic mass is 9.92. The van der Waals surface area contributed by atoms with Crippen molar-refractivity contribution in [3.05, 3.63) is 0 Å². The van der Waals surface area contributed by atoms with Crippen molar-refractivity contribution in [1.29, 1.82) is 0 Å². The fourth-order valence-corrected chi connectivity index (χ4v) is 5.15. The van der Waals surface area contributed by atoms with E-state index in [0.29, 0.717) is 25.7 Å². The summed E-state index contributed by atoms with van der Waals surface area (Å²) in [6, 6.07) is 0. The second-order valence-corrected chi connectivity index (χ2v) is 17.2. The van der Waals surface area contributed by atoms with Gasteiger partial charge in [-0.3, -0.25) is 19.6 Å². The van der Waals surface area contributed by atoms with Gasteiger partial charge in [-0.15, -0.1) is 0 Å². The van der Waals surface area contributed by atoms with Gasteiger partial charge in [-0.05, 0) is 81.1 Å². The zero-order chi connectivity index (χ0) is 43.4. The number of hydrogen-bond acceptors (Lipinski definition) is 16. The molecule has 0 heterocycles. The summed E-state index contributed by atoms with van der Waals surface area (Å²) < 4.78 is 21.4. The van der Waals surface area contributed by atoms with E-state index >= 15 is 0 Å². The van der Waals surface area contributed by atoms with Gasteiger partial charge < -0.3 is 18.9 Å². The van der Waals surface area contributed by atoms with Gasteiger partial charge in [0.15, 0.2) is 0 Å². The Balaban J connectivity index is 6.17. The number of rotatable bonds is 32. The fourth-order valence-electron chi connectivity index (χ4n) is 5.15. The van der Waals surface area contributed by atoms with Crippen molar-refractivity contribution in [3.8, 4) is 0 Å². The minimum absolute atomic E-state index is 0.604. The first-order valence-corrected chi connectivity index (χ1v) is 20.7. The molecule has 336 valence electrons. The summed E-state index contributed by atoms with van der Waals surface area (Å²) in [5.41, 5.74) is -5.09. The highest BCUT2D eigenvalue weighted by molar-refractivity contribution is 5.61. The molecule has 16 nitrogen and oxygen atoms in total. The van der Waals surface area contributed by atoms with Crippen LogP contribution >= 0.6 is 0 Å². The summed E-state index contributed by atoms with van der Waals surface area (Å²) in [7, 11) is 0. The molecular formula is C41H76O16. The van der Waals surface area contributed by atoms with E-state index in [4.69, 9.17) is 58.0 Å². The van der Waals surface area contributed by atoms with Crippen LogP contribution in [0.2, 0.25) is 0 Å². The highest BCUT2D eigenvalue weighted by Gasteiger charge is 2.40. The minimum Gasteiger partial charge on any atom is -0.431 e. The van der Waals surface area contributed by atoms with E-state index in [1.54, 1.807) is 55.4 Å². The number of ether oxygens (including phenoxy) is 4. The topological polar surface area (TPSA) is 179 Å². The first kappa shape index (κ1) is 53.9. The van der Waals surface area contributed by atoms with Crippen LogP contribution in [0.15, 0.2) is 0 Å². The van der Waals surface area contributed by atoms with Crippen LogP contribution in [0, 0.1) is 5.41 Å². The molecule has 57 heavy (non-hydrogen) atoms. The SMILES string of the molecule is CCCCCC(C)(C)OOC(=O)OCC(COC(=O)OOC(C)(C)CCCCC)(COC(=O)OOC(C)(C)CCCCC)COC(=O)OOC(C)(C)CCCCC. The molecule has 0 saturated heterocycles. The summed E-state index contributed by atoms with van der Waals surface area (Å²) >= 11 is 0. The van der Waals surface area contributed by atoms with Crippen molar-refractivity contribution in [2.75, 3.05) is 26.4 Å². The largest absolute Gasteiger partial charge is 0.540 e. The Hall–Kier alpha value is -3.08. The summed E-state index contributed by atoms with van der Waals surface area (Å²) in [5.74, 6) is 0. The summed E-state index contributed by atoms with van der Waals surface area (Å²) in [6.07, 6.45) is 8.61. The molecule has 0 N–H and O–H groups in total. The van der Waals surface area contributed by atoms with E-state index in [0.717, 1.165) is 77.0 Å². The van der Waals surface area contributed by atoms with Crippen molar-refractivity contribution < 1.29 is 77.2 Å². The first-order chi connectivity index (χ1) is 26.6. The lowest BCUT2D eigenvalue weighted by molar-refractivity contribution is -0.326. The van der Waals surface area contributed by atoms with E-state index in [9.17, 15) is 19.2 Å². The lowest BCUT2D eigenvalue weighted by Gasteiger charge is -2.31. The monoisotopic (exact) mass is 825 g/mol. The molecule has 0 amide bonds. The summed E-state index contributed by atoms with van der Waals surface area (Å²) in [5, 5.41) is 0. The van der Waals surface area contributed by atoms with Gasteiger partial charge in [-0.1, -0.05) is 105 Å². The quantitative estimate of drug-likeness (QED) is 0.0205. The number of carbonyl (C=O) groups is 4. The Kier molecular flexibility index (Phi) is 26.8. The molecule has 0 bridgehead atoms. The van der Waals surface area contributed by atoms with Gasteiger partial charge in [0.05, 0.1) is 0 Å². The molecule has 16 heteroatoms. The zero-order valence-electron chi connectivity index (χ0n) is 37.2. The smallest absolute Gasteiger partial charge is 0.431 e. The van der Waals surface area contributed by atoms with Crippen LogP contribution in [0.5, 0.6) is 0 Å². The van der Waals surface area contributed by atoms with Crippen LogP contribution in [-0.4, -0.2) is 73.5 Å². The van der Waals surface area contributed by atoms with Crippen molar-refractivity contribution >= 4 is 24.6 Å². The van der Waals surface area contributed by atoms with Gasteiger partial charge in [0, 0.05) is 0 Å². The van der Waals surface area contributed by atoms with Gasteiger partial charge in [0.1, 0.15) is 54.2 Å². The van der Waals surface area contributed by atoms with Crippen molar-refractivity contribution in [3.63, 3.8) is 0 Å². The molecule has 0 radical (unpaired) electrons.